The molecule has 1 aromatic heterocycles. The molecule has 4 N–H and O–H groups in total. The van der Waals surface area contributed by atoms with E-state index in [0.717, 1.165) is 11.1 Å². The van der Waals surface area contributed by atoms with Crippen LogP contribution in [0.2, 0.25) is 0 Å². The first-order chi connectivity index (χ1) is 8.63. The maximum atomic E-state index is 13.0. The van der Waals surface area contributed by atoms with E-state index in [-0.39, 0.29) is 11.9 Å². The van der Waals surface area contributed by atoms with Crippen LogP contribution in [-0.2, 0) is 12.8 Å². The molecule has 0 aliphatic carbocycles. The van der Waals surface area contributed by atoms with E-state index in [1.165, 1.54) is 12.1 Å². The second-order valence-electron chi connectivity index (χ2n) is 4.39. The van der Waals surface area contributed by atoms with Crippen LogP contribution in [0.3, 0.4) is 0 Å². The first-order valence-corrected chi connectivity index (χ1v) is 5.84. The molecule has 1 unspecified atom stereocenters. The first-order valence-electron chi connectivity index (χ1n) is 5.84. The lowest BCUT2D eigenvalue weighted by molar-refractivity contribution is 0.618. The van der Waals surface area contributed by atoms with E-state index in [4.69, 9.17) is 11.5 Å². The average Bonchev–Trinajstić information content (AvgIpc) is 2.28. The van der Waals surface area contributed by atoms with E-state index in [1.807, 2.05) is 18.2 Å². The van der Waals surface area contributed by atoms with Crippen LogP contribution in [0.4, 0.5) is 10.2 Å². The van der Waals surface area contributed by atoms with Crippen molar-refractivity contribution in [2.75, 3.05) is 5.73 Å². The third-order valence-corrected chi connectivity index (χ3v) is 2.73. The molecule has 0 saturated heterocycles. The summed E-state index contributed by atoms with van der Waals surface area (Å²) in [5.41, 5.74) is 13.6. The topological polar surface area (TPSA) is 64.9 Å². The molecule has 1 atom stereocenters. The highest BCUT2D eigenvalue weighted by Crippen LogP contribution is 2.10. The summed E-state index contributed by atoms with van der Waals surface area (Å²) in [7, 11) is 0. The predicted molar refractivity (Wildman–Crippen MR) is 70.4 cm³/mol. The van der Waals surface area contributed by atoms with Gasteiger partial charge in [-0.3, -0.25) is 0 Å². The number of halogens is 1. The van der Waals surface area contributed by atoms with Crippen molar-refractivity contribution in [3.8, 4) is 0 Å². The summed E-state index contributed by atoms with van der Waals surface area (Å²) in [4.78, 5) is 3.93. The van der Waals surface area contributed by atoms with Crippen LogP contribution in [0.15, 0.2) is 42.6 Å². The Bertz CT molecular complexity index is 480. The summed E-state index contributed by atoms with van der Waals surface area (Å²) >= 11 is 0. The van der Waals surface area contributed by atoms with Crippen molar-refractivity contribution in [1.82, 2.24) is 4.98 Å². The Balaban J connectivity index is 1.98. The summed E-state index contributed by atoms with van der Waals surface area (Å²) in [5.74, 6) is 0.262. The zero-order valence-electron chi connectivity index (χ0n) is 10.0. The Hall–Kier alpha value is -1.94. The number of benzene rings is 1. The third kappa shape index (κ3) is 3.53. The summed E-state index contributed by atoms with van der Waals surface area (Å²) < 4.78 is 13.0. The maximum absolute atomic E-state index is 13.0. The third-order valence-electron chi connectivity index (χ3n) is 2.73. The number of anilines is 1. The van der Waals surface area contributed by atoms with Crippen LogP contribution < -0.4 is 11.5 Å². The monoisotopic (exact) mass is 245 g/mol. The number of pyridine rings is 1. The second-order valence-corrected chi connectivity index (χ2v) is 4.39. The lowest BCUT2D eigenvalue weighted by Crippen LogP contribution is -2.25. The lowest BCUT2D eigenvalue weighted by Gasteiger charge is -2.12. The molecule has 2 aromatic rings. The van der Waals surface area contributed by atoms with Crippen LogP contribution in [0.25, 0.3) is 0 Å². The smallest absolute Gasteiger partial charge is 0.123 e. The van der Waals surface area contributed by atoms with Gasteiger partial charge < -0.3 is 11.5 Å². The largest absolute Gasteiger partial charge is 0.384 e. The van der Waals surface area contributed by atoms with E-state index < -0.39 is 0 Å². The van der Waals surface area contributed by atoms with Gasteiger partial charge in [0.2, 0.25) is 0 Å². The quantitative estimate of drug-likeness (QED) is 0.864. The Morgan fingerprint density at radius 3 is 2.50 bits per heavy atom. The van der Waals surface area contributed by atoms with Gasteiger partial charge in [-0.1, -0.05) is 12.1 Å². The van der Waals surface area contributed by atoms with Crippen molar-refractivity contribution in [3.05, 3.63) is 59.5 Å². The minimum absolute atomic E-state index is 0.0615. The molecule has 0 saturated carbocycles. The minimum Gasteiger partial charge on any atom is -0.384 e. The normalized spacial score (nSPS) is 12.3. The fraction of sp³-hybridized carbons (Fsp3) is 0.214. The van der Waals surface area contributed by atoms with Crippen molar-refractivity contribution in [3.63, 3.8) is 0 Å². The van der Waals surface area contributed by atoms with Gasteiger partial charge in [-0.15, -0.1) is 0 Å². The molecular weight excluding hydrogens is 229 g/mol. The zero-order valence-corrected chi connectivity index (χ0v) is 10.0. The number of nitrogens with zero attached hydrogens (tertiary/aromatic N) is 1. The predicted octanol–water partition coefficient (Wildman–Crippen LogP) is 1.92. The fourth-order valence-corrected chi connectivity index (χ4v) is 1.96. The van der Waals surface area contributed by atoms with E-state index in [2.05, 4.69) is 4.98 Å². The number of nitrogens with two attached hydrogens (primary N) is 2. The van der Waals surface area contributed by atoms with E-state index >= 15 is 0 Å². The van der Waals surface area contributed by atoms with Gasteiger partial charge in [-0.2, -0.15) is 0 Å². The lowest BCUT2D eigenvalue weighted by atomic mass is 10.0. The molecule has 0 radical (unpaired) electrons. The standard InChI is InChI=1S/C14H16FN3/c15-12-3-1-2-10(6-12)7-13(16)8-11-4-5-18-14(17)9-11/h1-6,9,13H,7-8,16H2,(H2,17,18). The summed E-state index contributed by atoms with van der Waals surface area (Å²) in [6.45, 7) is 0. The van der Waals surface area contributed by atoms with E-state index in [1.54, 1.807) is 12.3 Å². The van der Waals surface area contributed by atoms with Gasteiger partial charge in [-0.05, 0) is 48.2 Å². The molecule has 3 nitrogen and oxygen atoms in total. The van der Waals surface area contributed by atoms with Crippen molar-refractivity contribution < 1.29 is 4.39 Å². The van der Waals surface area contributed by atoms with E-state index in [0.29, 0.717) is 18.7 Å². The van der Waals surface area contributed by atoms with E-state index in [9.17, 15) is 4.39 Å². The van der Waals surface area contributed by atoms with Crippen molar-refractivity contribution in [2.24, 2.45) is 5.73 Å². The van der Waals surface area contributed by atoms with Crippen LogP contribution in [-0.4, -0.2) is 11.0 Å². The molecule has 0 spiro atoms. The van der Waals surface area contributed by atoms with Gasteiger partial charge in [-0.25, -0.2) is 9.37 Å². The van der Waals surface area contributed by atoms with Gasteiger partial charge in [0, 0.05) is 12.2 Å². The minimum atomic E-state index is -0.229. The van der Waals surface area contributed by atoms with Gasteiger partial charge in [0.25, 0.3) is 0 Å². The number of rotatable bonds is 4. The summed E-state index contributed by atoms with van der Waals surface area (Å²) in [6, 6.07) is 10.2. The molecule has 0 aliphatic heterocycles. The van der Waals surface area contributed by atoms with Gasteiger partial charge in [0.15, 0.2) is 0 Å². The molecular formula is C14H16FN3. The summed E-state index contributed by atoms with van der Waals surface area (Å²) in [5, 5.41) is 0. The molecule has 0 fully saturated rings. The zero-order chi connectivity index (χ0) is 13.0. The first kappa shape index (κ1) is 12.5. The number of hydrogen-bond donors (Lipinski definition) is 2. The molecule has 0 bridgehead atoms. The van der Waals surface area contributed by atoms with Crippen LogP contribution in [0.5, 0.6) is 0 Å². The van der Waals surface area contributed by atoms with Crippen molar-refractivity contribution in [2.45, 2.75) is 18.9 Å². The number of hydrogen-bond acceptors (Lipinski definition) is 3. The van der Waals surface area contributed by atoms with Crippen molar-refractivity contribution in [1.29, 1.82) is 0 Å². The number of nitrogen functional groups attached to an aromatic ring is 1. The maximum Gasteiger partial charge on any atom is 0.123 e. The molecule has 4 heteroatoms. The molecule has 18 heavy (non-hydrogen) atoms. The van der Waals surface area contributed by atoms with Gasteiger partial charge in [0.05, 0.1) is 0 Å². The average molecular weight is 245 g/mol. The van der Waals surface area contributed by atoms with Crippen LogP contribution >= 0.6 is 0 Å². The van der Waals surface area contributed by atoms with Crippen LogP contribution in [0.1, 0.15) is 11.1 Å². The Morgan fingerprint density at radius 2 is 1.83 bits per heavy atom. The molecule has 2 rings (SSSR count). The molecule has 1 aromatic carbocycles. The highest BCUT2D eigenvalue weighted by atomic mass is 19.1. The highest BCUT2D eigenvalue weighted by molar-refractivity contribution is 5.32. The SMILES string of the molecule is Nc1cc(CC(N)Cc2cccc(F)c2)ccn1. The Labute approximate surface area is 106 Å². The highest BCUT2D eigenvalue weighted by Gasteiger charge is 2.06. The van der Waals surface area contributed by atoms with Crippen LogP contribution in [0, 0.1) is 5.82 Å². The second kappa shape index (κ2) is 5.60. The molecule has 0 aliphatic rings. The molecule has 1 heterocycles. The Morgan fingerprint density at radius 1 is 1.11 bits per heavy atom. The van der Waals surface area contributed by atoms with Crippen molar-refractivity contribution >= 4 is 5.82 Å². The van der Waals surface area contributed by atoms with Gasteiger partial charge in [0.1, 0.15) is 11.6 Å². The summed E-state index contributed by atoms with van der Waals surface area (Å²) in [6.07, 6.45) is 3.00. The number of aromatic nitrogens is 1. The van der Waals surface area contributed by atoms with Gasteiger partial charge >= 0.3 is 0 Å². The fourth-order valence-electron chi connectivity index (χ4n) is 1.96. The molecule has 0 amide bonds. The Kier molecular flexibility index (Phi) is 3.89. The molecule has 94 valence electrons.